The van der Waals surface area contributed by atoms with Crippen LogP contribution in [-0.4, -0.2) is 35.0 Å². The topological polar surface area (TPSA) is 54.5 Å². The number of para-hydroxylation sites is 1. The minimum Gasteiger partial charge on any atom is -0.376 e. The summed E-state index contributed by atoms with van der Waals surface area (Å²) in [5.74, 6) is 0.0518. The van der Waals surface area contributed by atoms with E-state index in [2.05, 4.69) is 17.6 Å². The van der Waals surface area contributed by atoms with Crippen molar-refractivity contribution in [3.63, 3.8) is 0 Å². The van der Waals surface area contributed by atoms with E-state index in [1.807, 2.05) is 29.2 Å². The fraction of sp³-hybridized carbons (Fsp3) is 0.444. The van der Waals surface area contributed by atoms with Crippen LogP contribution < -0.4 is 5.32 Å². The van der Waals surface area contributed by atoms with Gasteiger partial charge in [-0.2, -0.15) is 0 Å². The van der Waals surface area contributed by atoms with Crippen molar-refractivity contribution in [3.8, 4) is 0 Å². The molecule has 4 rings (SSSR count). The molecular formula is C18H21N3O2S. The summed E-state index contributed by atoms with van der Waals surface area (Å²) in [6.07, 6.45) is 2.88. The summed E-state index contributed by atoms with van der Waals surface area (Å²) >= 11 is 1.65. The molecule has 6 heteroatoms. The second-order valence-electron chi connectivity index (χ2n) is 6.20. The normalized spacial score (nSPS) is 23.2. The number of anilines is 1. The molecule has 126 valence electrons. The molecule has 1 aromatic carbocycles. The average Bonchev–Trinajstić information content (AvgIpc) is 3.29. The van der Waals surface area contributed by atoms with E-state index in [1.54, 1.807) is 11.3 Å². The van der Waals surface area contributed by atoms with Crippen LogP contribution in [0.3, 0.4) is 0 Å². The smallest absolute Gasteiger partial charge is 0.257 e. The van der Waals surface area contributed by atoms with Crippen molar-refractivity contribution < 1.29 is 9.53 Å². The fourth-order valence-electron chi connectivity index (χ4n) is 3.34. The van der Waals surface area contributed by atoms with Crippen molar-refractivity contribution in [2.75, 3.05) is 18.5 Å². The lowest BCUT2D eigenvalue weighted by atomic mass is 10.1. The SMILES string of the molecule is CCc1nc([C@@H]2Nc3ccccc3C(=O)N2C[C@H]2CCCO2)cs1. The number of rotatable bonds is 4. The van der Waals surface area contributed by atoms with Gasteiger partial charge in [0.1, 0.15) is 6.17 Å². The van der Waals surface area contributed by atoms with Gasteiger partial charge >= 0.3 is 0 Å². The first-order valence-electron chi connectivity index (χ1n) is 8.48. The monoisotopic (exact) mass is 343 g/mol. The number of fused-ring (bicyclic) bond motifs is 1. The second-order valence-corrected chi connectivity index (χ2v) is 7.15. The van der Waals surface area contributed by atoms with Crippen molar-refractivity contribution in [1.82, 2.24) is 9.88 Å². The molecule has 2 aliphatic heterocycles. The summed E-state index contributed by atoms with van der Waals surface area (Å²) in [4.78, 5) is 19.7. The Morgan fingerprint density at radius 2 is 2.29 bits per heavy atom. The van der Waals surface area contributed by atoms with E-state index in [-0.39, 0.29) is 18.2 Å². The maximum atomic E-state index is 13.1. The lowest BCUT2D eigenvalue weighted by Gasteiger charge is -2.38. The van der Waals surface area contributed by atoms with Gasteiger partial charge in [-0.3, -0.25) is 4.79 Å². The van der Waals surface area contributed by atoms with E-state index in [4.69, 9.17) is 9.72 Å². The molecule has 2 atom stereocenters. The molecular weight excluding hydrogens is 322 g/mol. The van der Waals surface area contributed by atoms with Crippen molar-refractivity contribution >= 4 is 22.9 Å². The first kappa shape index (κ1) is 15.6. The zero-order chi connectivity index (χ0) is 16.5. The maximum absolute atomic E-state index is 13.1. The summed E-state index contributed by atoms with van der Waals surface area (Å²) in [5, 5.41) is 6.65. The second kappa shape index (κ2) is 6.53. The number of hydrogen-bond acceptors (Lipinski definition) is 5. The summed E-state index contributed by atoms with van der Waals surface area (Å²) in [5.41, 5.74) is 2.51. The Kier molecular flexibility index (Phi) is 4.24. The van der Waals surface area contributed by atoms with E-state index >= 15 is 0 Å². The fourth-order valence-corrected chi connectivity index (χ4v) is 4.10. The molecule has 0 radical (unpaired) electrons. The largest absolute Gasteiger partial charge is 0.376 e. The number of ether oxygens (including phenoxy) is 1. The van der Waals surface area contributed by atoms with Gasteiger partial charge in [-0.05, 0) is 31.4 Å². The van der Waals surface area contributed by atoms with Gasteiger partial charge in [0, 0.05) is 24.2 Å². The summed E-state index contributed by atoms with van der Waals surface area (Å²) in [6.45, 7) is 3.49. The van der Waals surface area contributed by atoms with Gasteiger partial charge in [0.2, 0.25) is 0 Å². The number of hydrogen-bond donors (Lipinski definition) is 1. The number of nitrogens with one attached hydrogen (secondary N) is 1. The van der Waals surface area contributed by atoms with Crippen LogP contribution in [0.25, 0.3) is 0 Å². The van der Waals surface area contributed by atoms with E-state index in [9.17, 15) is 4.79 Å². The molecule has 1 fully saturated rings. The molecule has 0 aliphatic carbocycles. The number of aromatic nitrogens is 1. The minimum absolute atomic E-state index is 0.0518. The molecule has 0 spiro atoms. The maximum Gasteiger partial charge on any atom is 0.257 e. The van der Waals surface area contributed by atoms with Gasteiger partial charge in [0.25, 0.3) is 5.91 Å². The van der Waals surface area contributed by atoms with Crippen LogP contribution in [0.1, 0.15) is 47.0 Å². The molecule has 2 aliphatic rings. The van der Waals surface area contributed by atoms with E-state index in [0.717, 1.165) is 47.8 Å². The average molecular weight is 343 g/mol. The lowest BCUT2D eigenvalue weighted by molar-refractivity contribution is 0.0423. The first-order valence-corrected chi connectivity index (χ1v) is 9.36. The van der Waals surface area contributed by atoms with E-state index in [1.165, 1.54) is 0 Å². The van der Waals surface area contributed by atoms with E-state index in [0.29, 0.717) is 6.54 Å². The van der Waals surface area contributed by atoms with Crippen LogP contribution in [0.5, 0.6) is 0 Å². The Morgan fingerprint density at radius 1 is 1.42 bits per heavy atom. The van der Waals surface area contributed by atoms with Crippen LogP contribution >= 0.6 is 11.3 Å². The van der Waals surface area contributed by atoms with Gasteiger partial charge in [0.15, 0.2) is 0 Å². The molecule has 0 unspecified atom stereocenters. The quantitative estimate of drug-likeness (QED) is 0.924. The predicted octanol–water partition coefficient (Wildman–Crippen LogP) is 3.45. The molecule has 24 heavy (non-hydrogen) atoms. The number of thiazole rings is 1. The molecule has 1 amide bonds. The Morgan fingerprint density at radius 3 is 3.04 bits per heavy atom. The summed E-state index contributed by atoms with van der Waals surface area (Å²) < 4.78 is 5.76. The van der Waals surface area contributed by atoms with Crippen molar-refractivity contribution in [3.05, 3.63) is 45.9 Å². The molecule has 1 saturated heterocycles. The summed E-state index contributed by atoms with van der Waals surface area (Å²) in [7, 11) is 0. The molecule has 1 aromatic heterocycles. The first-order chi connectivity index (χ1) is 11.8. The van der Waals surface area contributed by atoms with Gasteiger partial charge in [0.05, 0.1) is 22.4 Å². The van der Waals surface area contributed by atoms with Gasteiger partial charge < -0.3 is 15.0 Å². The third kappa shape index (κ3) is 2.80. The number of amides is 1. The van der Waals surface area contributed by atoms with Crippen molar-refractivity contribution in [2.45, 2.75) is 38.5 Å². The third-order valence-electron chi connectivity index (χ3n) is 4.60. The highest BCUT2D eigenvalue weighted by Gasteiger charge is 2.36. The number of aryl methyl sites for hydroxylation is 1. The minimum atomic E-state index is -0.229. The standard InChI is InChI=1S/C18H21N3O2S/c1-2-16-19-15(11-24-16)17-20-14-8-4-3-7-13(14)18(22)21(17)10-12-6-5-9-23-12/h3-4,7-8,11-12,17,20H,2,5-6,9-10H2,1H3/t12-,17-/m1/s1. The zero-order valence-corrected chi connectivity index (χ0v) is 14.5. The highest BCUT2D eigenvalue weighted by Crippen LogP contribution is 2.34. The highest BCUT2D eigenvalue weighted by molar-refractivity contribution is 7.09. The Bertz CT molecular complexity index is 739. The molecule has 1 N–H and O–H groups in total. The number of benzene rings is 1. The van der Waals surface area contributed by atoms with Crippen LogP contribution in [-0.2, 0) is 11.2 Å². The molecule has 2 aromatic rings. The number of nitrogens with zero attached hydrogens (tertiary/aromatic N) is 2. The van der Waals surface area contributed by atoms with Crippen molar-refractivity contribution in [1.29, 1.82) is 0 Å². The summed E-state index contributed by atoms with van der Waals surface area (Å²) in [6, 6.07) is 7.68. The zero-order valence-electron chi connectivity index (χ0n) is 13.7. The highest BCUT2D eigenvalue weighted by atomic mass is 32.1. The Balaban J connectivity index is 1.69. The van der Waals surface area contributed by atoms with Crippen molar-refractivity contribution in [2.24, 2.45) is 0 Å². The van der Waals surface area contributed by atoms with Gasteiger partial charge in [-0.25, -0.2) is 4.98 Å². The molecule has 5 nitrogen and oxygen atoms in total. The van der Waals surface area contributed by atoms with Crippen LogP contribution in [0.2, 0.25) is 0 Å². The van der Waals surface area contributed by atoms with Gasteiger partial charge in [-0.15, -0.1) is 11.3 Å². The Hall–Kier alpha value is -1.92. The molecule has 3 heterocycles. The van der Waals surface area contributed by atoms with E-state index < -0.39 is 0 Å². The lowest BCUT2D eigenvalue weighted by Crippen LogP contribution is -2.46. The van der Waals surface area contributed by atoms with Gasteiger partial charge in [-0.1, -0.05) is 19.1 Å². The van der Waals surface area contributed by atoms with Crippen LogP contribution in [0.15, 0.2) is 29.6 Å². The number of carbonyl (C=O) groups excluding carboxylic acids is 1. The Labute approximate surface area is 145 Å². The van der Waals surface area contributed by atoms with Crippen LogP contribution in [0.4, 0.5) is 5.69 Å². The molecule has 0 saturated carbocycles. The predicted molar refractivity (Wildman–Crippen MR) is 94.3 cm³/mol. The third-order valence-corrected chi connectivity index (χ3v) is 5.61. The van der Waals surface area contributed by atoms with Crippen LogP contribution in [0, 0.1) is 0 Å². The molecule has 0 bridgehead atoms. The number of carbonyl (C=O) groups is 1.